The summed E-state index contributed by atoms with van der Waals surface area (Å²) in [5, 5.41) is 0. The Kier molecular flexibility index (Phi) is 10.2. The van der Waals surface area contributed by atoms with Crippen molar-refractivity contribution >= 4 is 0 Å². The lowest BCUT2D eigenvalue weighted by atomic mass is 9.99. The Labute approximate surface area is 199 Å². The Balaban J connectivity index is 1.98. The second kappa shape index (κ2) is 13.6. The van der Waals surface area contributed by atoms with Gasteiger partial charge in [0.05, 0.1) is 19.8 Å². The van der Waals surface area contributed by atoms with Gasteiger partial charge in [-0.25, -0.2) is 0 Å². The van der Waals surface area contributed by atoms with Gasteiger partial charge in [0.15, 0.2) is 11.5 Å². The molecule has 0 unspecified atom stereocenters. The molecular weight excluding hydrogens is 408 g/mol. The molecule has 0 saturated carbocycles. The highest BCUT2D eigenvalue weighted by atomic mass is 16.5. The van der Waals surface area contributed by atoms with Gasteiger partial charge in [0.2, 0.25) is 5.75 Å². The van der Waals surface area contributed by atoms with E-state index in [1.165, 1.54) is 11.1 Å². The molecule has 0 N–H and O–H groups in total. The summed E-state index contributed by atoms with van der Waals surface area (Å²) in [7, 11) is 0. The van der Waals surface area contributed by atoms with E-state index in [-0.39, 0.29) is 0 Å². The zero-order chi connectivity index (χ0) is 23.3. The molecule has 3 aromatic carbocycles. The summed E-state index contributed by atoms with van der Waals surface area (Å²) in [5.74, 6) is 2.30. The minimum atomic E-state index is 0.654. The van der Waals surface area contributed by atoms with E-state index in [9.17, 15) is 0 Å². The highest BCUT2D eigenvalue weighted by molar-refractivity contribution is 5.78. The third kappa shape index (κ3) is 7.02. The topological polar surface area (TPSA) is 27.7 Å². The van der Waals surface area contributed by atoms with E-state index in [0.29, 0.717) is 19.8 Å². The summed E-state index contributed by atoms with van der Waals surface area (Å²) in [4.78, 5) is 0. The van der Waals surface area contributed by atoms with Crippen molar-refractivity contribution in [3.63, 3.8) is 0 Å². The fourth-order valence-corrected chi connectivity index (χ4v) is 3.60. The van der Waals surface area contributed by atoms with Crippen LogP contribution in [0.15, 0.2) is 66.7 Å². The van der Waals surface area contributed by atoms with Crippen LogP contribution in [0, 0.1) is 0 Å². The maximum absolute atomic E-state index is 6.35. The van der Waals surface area contributed by atoms with Crippen LogP contribution in [0.2, 0.25) is 0 Å². The van der Waals surface area contributed by atoms with E-state index in [1.54, 1.807) is 0 Å². The van der Waals surface area contributed by atoms with E-state index >= 15 is 0 Å². The predicted molar refractivity (Wildman–Crippen MR) is 139 cm³/mol. The number of hydrogen-bond acceptors (Lipinski definition) is 3. The third-order valence-electron chi connectivity index (χ3n) is 5.62. The van der Waals surface area contributed by atoms with Crippen LogP contribution in [-0.4, -0.2) is 19.8 Å². The molecule has 0 amide bonds. The lowest BCUT2D eigenvalue weighted by Gasteiger charge is -2.20. The number of benzene rings is 3. The van der Waals surface area contributed by atoms with Gasteiger partial charge >= 0.3 is 0 Å². The summed E-state index contributed by atoms with van der Waals surface area (Å²) in [6.45, 7) is 8.51. The summed E-state index contributed by atoms with van der Waals surface area (Å²) in [5.41, 5.74) is 4.57. The summed E-state index contributed by atoms with van der Waals surface area (Å²) < 4.78 is 18.7. The van der Waals surface area contributed by atoms with Crippen LogP contribution in [0.3, 0.4) is 0 Å². The lowest BCUT2D eigenvalue weighted by Crippen LogP contribution is -2.07. The number of rotatable bonds is 14. The van der Waals surface area contributed by atoms with Crippen molar-refractivity contribution in [3.05, 3.63) is 66.7 Å². The van der Waals surface area contributed by atoms with Crippen LogP contribution < -0.4 is 14.2 Å². The van der Waals surface area contributed by atoms with E-state index < -0.39 is 0 Å². The molecule has 3 heteroatoms. The molecule has 0 fully saturated rings. The average Bonchev–Trinajstić information content (AvgIpc) is 2.86. The van der Waals surface area contributed by atoms with Gasteiger partial charge < -0.3 is 14.2 Å². The van der Waals surface area contributed by atoms with Crippen LogP contribution in [0.5, 0.6) is 17.2 Å². The first-order valence-corrected chi connectivity index (χ1v) is 12.5. The normalized spacial score (nSPS) is 10.8. The quantitative estimate of drug-likeness (QED) is 0.232. The molecule has 0 aliphatic heterocycles. The Morgan fingerprint density at radius 2 is 1.00 bits per heavy atom. The molecule has 0 heterocycles. The molecule has 0 atom stereocenters. The molecule has 0 saturated heterocycles. The third-order valence-corrected chi connectivity index (χ3v) is 5.62. The number of unbranched alkanes of at least 4 members (excludes halogenated alkanes) is 3. The maximum atomic E-state index is 6.35. The monoisotopic (exact) mass is 446 g/mol. The Morgan fingerprint density at radius 3 is 1.61 bits per heavy atom. The first-order chi connectivity index (χ1) is 16.3. The van der Waals surface area contributed by atoms with Crippen LogP contribution >= 0.6 is 0 Å². The molecule has 0 aliphatic carbocycles. The molecule has 3 rings (SSSR count). The van der Waals surface area contributed by atoms with Crippen molar-refractivity contribution in [1.29, 1.82) is 0 Å². The van der Waals surface area contributed by atoms with Gasteiger partial charge in [-0.2, -0.15) is 0 Å². The Morgan fingerprint density at radius 1 is 0.485 bits per heavy atom. The fraction of sp³-hybridized carbons (Fsp3) is 0.400. The van der Waals surface area contributed by atoms with Crippen molar-refractivity contribution in [2.75, 3.05) is 19.8 Å². The lowest BCUT2D eigenvalue weighted by molar-refractivity contribution is 0.238. The molecular formula is C30H38O3. The van der Waals surface area contributed by atoms with Gasteiger partial charge in [-0.1, -0.05) is 94.6 Å². The van der Waals surface area contributed by atoms with Gasteiger partial charge in [-0.05, 0) is 48.1 Å². The second-order valence-corrected chi connectivity index (χ2v) is 8.32. The van der Waals surface area contributed by atoms with Crippen molar-refractivity contribution in [2.45, 2.75) is 59.3 Å². The molecule has 0 radical (unpaired) electrons. The molecule has 3 aromatic rings. The molecule has 0 spiro atoms. The predicted octanol–water partition coefficient (Wildman–Crippen LogP) is 8.56. The zero-order valence-electron chi connectivity index (χ0n) is 20.4. The van der Waals surface area contributed by atoms with E-state index in [0.717, 1.165) is 66.9 Å². The van der Waals surface area contributed by atoms with Gasteiger partial charge in [-0.3, -0.25) is 0 Å². The first kappa shape index (κ1) is 24.7. The summed E-state index contributed by atoms with van der Waals surface area (Å²) in [6, 6.07) is 23.3. The van der Waals surface area contributed by atoms with Gasteiger partial charge in [0, 0.05) is 5.56 Å². The molecule has 176 valence electrons. The van der Waals surface area contributed by atoms with E-state index in [1.807, 2.05) is 12.1 Å². The zero-order valence-corrected chi connectivity index (χ0v) is 20.4. The molecule has 3 nitrogen and oxygen atoms in total. The smallest absolute Gasteiger partial charge is 0.204 e. The Bertz CT molecular complexity index is 948. The highest BCUT2D eigenvalue weighted by Gasteiger charge is 2.19. The SMILES string of the molecule is CCCCOc1ccc(-c2ccc(-c3ccccc3)cc2)c(OCCCC)c1OCCCC. The molecule has 0 aromatic heterocycles. The van der Waals surface area contributed by atoms with E-state index in [2.05, 4.69) is 75.4 Å². The minimum absolute atomic E-state index is 0.654. The molecule has 33 heavy (non-hydrogen) atoms. The molecule has 0 aliphatic rings. The fourth-order valence-electron chi connectivity index (χ4n) is 3.60. The van der Waals surface area contributed by atoms with Crippen molar-refractivity contribution in [3.8, 4) is 39.5 Å². The highest BCUT2D eigenvalue weighted by Crippen LogP contribution is 2.45. The standard InChI is InChI=1S/C30H38O3/c1-4-7-21-31-28-20-19-27(29(32-22-8-5-2)30(28)33-23-9-6-3)26-17-15-25(16-18-26)24-13-11-10-12-14-24/h10-20H,4-9,21-23H2,1-3H3. The Hall–Kier alpha value is -2.94. The maximum Gasteiger partial charge on any atom is 0.204 e. The van der Waals surface area contributed by atoms with E-state index in [4.69, 9.17) is 14.2 Å². The van der Waals surface area contributed by atoms with Crippen LogP contribution in [0.4, 0.5) is 0 Å². The minimum Gasteiger partial charge on any atom is -0.490 e. The average molecular weight is 447 g/mol. The molecule has 0 bridgehead atoms. The van der Waals surface area contributed by atoms with Crippen LogP contribution in [0.25, 0.3) is 22.3 Å². The van der Waals surface area contributed by atoms with Crippen LogP contribution in [-0.2, 0) is 0 Å². The van der Waals surface area contributed by atoms with Gasteiger partial charge in [0.1, 0.15) is 0 Å². The number of ether oxygens (including phenoxy) is 3. The second-order valence-electron chi connectivity index (χ2n) is 8.32. The van der Waals surface area contributed by atoms with Gasteiger partial charge in [-0.15, -0.1) is 0 Å². The van der Waals surface area contributed by atoms with Crippen molar-refractivity contribution in [2.24, 2.45) is 0 Å². The summed E-state index contributed by atoms with van der Waals surface area (Å²) >= 11 is 0. The van der Waals surface area contributed by atoms with Crippen molar-refractivity contribution < 1.29 is 14.2 Å². The number of hydrogen-bond donors (Lipinski definition) is 0. The van der Waals surface area contributed by atoms with Gasteiger partial charge in [0.25, 0.3) is 0 Å². The summed E-state index contributed by atoms with van der Waals surface area (Å²) in [6.07, 6.45) is 6.28. The largest absolute Gasteiger partial charge is 0.490 e. The van der Waals surface area contributed by atoms with Crippen LogP contribution in [0.1, 0.15) is 59.3 Å². The van der Waals surface area contributed by atoms with Crippen molar-refractivity contribution in [1.82, 2.24) is 0 Å². The first-order valence-electron chi connectivity index (χ1n) is 12.5.